The second kappa shape index (κ2) is 9.36. The average molecular weight is 234 g/mol. The fraction of sp³-hybridized carbons (Fsp3) is 0.214. The van der Waals surface area contributed by atoms with Gasteiger partial charge in [0.05, 0.1) is 6.10 Å². The maximum atomic E-state index is 10.3. The number of aliphatic hydroxyl groups is 1. The molecule has 0 fully saturated rings. The van der Waals surface area contributed by atoms with Crippen LogP contribution >= 0.6 is 0 Å². The van der Waals surface area contributed by atoms with Gasteiger partial charge in [0.15, 0.2) is 0 Å². The smallest absolute Gasteiger partial charge is 0.330 e. The Bertz CT molecular complexity index is 342. The molecule has 3 heteroatoms. The van der Waals surface area contributed by atoms with Crippen molar-refractivity contribution < 1.29 is 14.6 Å². The molecule has 3 nitrogen and oxygen atoms in total. The summed E-state index contributed by atoms with van der Waals surface area (Å²) in [6, 6.07) is 10.0. The van der Waals surface area contributed by atoms with Gasteiger partial charge in [0.2, 0.25) is 0 Å². The van der Waals surface area contributed by atoms with Gasteiger partial charge in [0.1, 0.15) is 6.61 Å². The van der Waals surface area contributed by atoms with Crippen molar-refractivity contribution in [3.8, 4) is 0 Å². The van der Waals surface area contributed by atoms with Crippen molar-refractivity contribution >= 4 is 12.0 Å². The van der Waals surface area contributed by atoms with Crippen LogP contribution in [0.1, 0.15) is 12.5 Å². The number of carbonyl (C=O) groups is 1. The Kier molecular flexibility index (Phi) is 8.33. The second-order valence-corrected chi connectivity index (χ2v) is 3.30. The molecule has 1 aromatic carbocycles. The van der Waals surface area contributed by atoms with Crippen LogP contribution in [0, 0.1) is 0 Å². The highest BCUT2D eigenvalue weighted by molar-refractivity contribution is 5.81. The number of rotatable bonds is 4. The van der Waals surface area contributed by atoms with Crippen LogP contribution in [0.15, 0.2) is 49.6 Å². The van der Waals surface area contributed by atoms with Gasteiger partial charge in [-0.1, -0.05) is 49.6 Å². The summed E-state index contributed by atoms with van der Waals surface area (Å²) in [7, 11) is 0. The summed E-state index contributed by atoms with van der Waals surface area (Å²) in [4.78, 5) is 10.3. The molecule has 0 bridgehead atoms. The number of hydrogen-bond donors (Lipinski definition) is 1. The number of benzene rings is 1. The van der Waals surface area contributed by atoms with Crippen LogP contribution in [-0.4, -0.2) is 23.8 Å². The van der Waals surface area contributed by atoms with Crippen LogP contribution in [-0.2, 0) is 9.53 Å². The summed E-state index contributed by atoms with van der Waals surface area (Å²) in [5.74, 6) is -0.504. The normalized spacial score (nSPS) is 10.5. The Balaban J connectivity index is 0.000000302. The van der Waals surface area contributed by atoms with Gasteiger partial charge in [-0.15, -0.1) is 0 Å². The molecule has 1 aromatic rings. The van der Waals surface area contributed by atoms with Gasteiger partial charge in [-0.3, -0.25) is 0 Å². The van der Waals surface area contributed by atoms with Crippen molar-refractivity contribution in [1.82, 2.24) is 0 Å². The standard InChI is InChI=1S/C8H8.C6H10O3/c1-2-8-6-4-3-5-7-8;1-3-6(8)9-4-5(2)7/h2-7H,1H2;3,5,7H,1,4H2,2H3. The first-order chi connectivity index (χ1) is 8.10. The highest BCUT2D eigenvalue weighted by Crippen LogP contribution is 1.97. The van der Waals surface area contributed by atoms with Crippen LogP contribution in [0.2, 0.25) is 0 Å². The summed E-state index contributed by atoms with van der Waals surface area (Å²) in [5, 5.41) is 8.59. The third kappa shape index (κ3) is 9.08. The average Bonchev–Trinajstić information content (AvgIpc) is 2.37. The minimum atomic E-state index is -0.603. The van der Waals surface area contributed by atoms with Crippen LogP contribution in [0.25, 0.3) is 6.08 Å². The molecule has 1 unspecified atom stereocenters. The molecule has 0 spiro atoms. The van der Waals surface area contributed by atoms with Gasteiger partial charge in [0.25, 0.3) is 0 Å². The fourth-order valence-corrected chi connectivity index (χ4v) is 0.851. The molecule has 0 saturated carbocycles. The summed E-state index contributed by atoms with van der Waals surface area (Å²) < 4.78 is 4.45. The Hall–Kier alpha value is -1.87. The SMILES string of the molecule is C=CC(=O)OCC(C)O.C=Cc1ccccc1. The lowest BCUT2D eigenvalue weighted by Crippen LogP contribution is -2.13. The van der Waals surface area contributed by atoms with Crippen molar-refractivity contribution in [2.24, 2.45) is 0 Å². The maximum absolute atomic E-state index is 10.3. The summed E-state index contributed by atoms with van der Waals surface area (Å²) in [5.41, 5.74) is 1.17. The zero-order chi connectivity index (χ0) is 13.1. The van der Waals surface area contributed by atoms with Gasteiger partial charge in [-0.2, -0.15) is 0 Å². The molecule has 0 aliphatic rings. The second-order valence-electron chi connectivity index (χ2n) is 3.30. The largest absolute Gasteiger partial charge is 0.460 e. The molecule has 1 N–H and O–H groups in total. The third-order valence-electron chi connectivity index (χ3n) is 1.67. The summed E-state index contributed by atoms with van der Waals surface area (Å²) >= 11 is 0. The maximum Gasteiger partial charge on any atom is 0.330 e. The van der Waals surface area contributed by atoms with E-state index in [-0.39, 0.29) is 6.61 Å². The quantitative estimate of drug-likeness (QED) is 0.643. The van der Waals surface area contributed by atoms with Crippen molar-refractivity contribution in [2.45, 2.75) is 13.0 Å². The van der Waals surface area contributed by atoms with E-state index in [4.69, 9.17) is 5.11 Å². The van der Waals surface area contributed by atoms with Crippen molar-refractivity contribution in [2.75, 3.05) is 6.61 Å². The minimum Gasteiger partial charge on any atom is -0.460 e. The van der Waals surface area contributed by atoms with Gasteiger partial charge in [-0.05, 0) is 12.5 Å². The lowest BCUT2D eigenvalue weighted by Gasteiger charge is -2.02. The number of esters is 1. The molecule has 1 rings (SSSR count). The number of hydrogen-bond acceptors (Lipinski definition) is 3. The van der Waals surface area contributed by atoms with Crippen LogP contribution in [0.5, 0.6) is 0 Å². The first-order valence-corrected chi connectivity index (χ1v) is 5.25. The topological polar surface area (TPSA) is 46.5 Å². The van der Waals surface area contributed by atoms with Gasteiger partial charge < -0.3 is 9.84 Å². The monoisotopic (exact) mass is 234 g/mol. The van der Waals surface area contributed by atoms with Crippen molar-refractivity contribution in [3.05, 3.63) is 55.1 Å². The van der Waals surface area contributed by atoms with Crippen LogP contribution in [0.4, 0.5) is 0 Å². The molecule has 0 aliphatic carbocycles. The van der Waals surface area contributed by atoms with Crippen molar-refractivity contribution in [1.29, 1.82) is 0 Å². The van der Waals surface area contributed by atoms with Gasteiger partial charge in [0, 0.05) is 6.08 Å². The predicted molar refractivity (Wildman–Crippen MR) is 69.4 cm³/mol. The van der Waals surface area contributed by atoms with E-state index in [0.29, 0.717) is 0 Å². The van der Waals surface area contributed by atoms with E-state index in [9.17, 15) is 4.79 Å². The Morgan fingerprint density at radius 3 is 2.35 bits per heavy atom. The molecule has 0 aliphatic heterocycles. The van der Waals surface area contributed by atoms with E-state index in [1.165, 1.54) is 12.5 Å². The van der Waals surface area contributed by atoms with E-state index >= 15 is 0 Å². The summed E-state index contributed by atoms with van der Waals surface area (Å²) in [6.45, 7) is 8.38. The van der Waals surface area contributed by atoms with E-state index in [1.807, 2.05) is 36.4 Å². The molecule has 92 valence electrons. The van der Waals surface area contributed by atoms with E-state index in [0.717, 1.165) is 6.08 Å². The number of ether oxygens (including phenoxy) is 1. The molecule has 0 heterocycles. The van der Waals surface area contributed by atoms with E-state index < -0.39 is 12.1 Å². The molecular weight excluding hydrogens is 216 g/mol. The van der Waals surface area contributed by atoms with E-state index in [1.54, 1.807) is 0 Å². The van der Waals surface area contributed by atoms with Crippen LogP contribution < -0.4 is 0 Å². The van der Waals surface area contributed by atoms with Crippen LogP contribution in [0.3, 0.4) is 0 Å². The molecule has 0 radical (unpaired) electrons. The highest BCUT2D eigenvalue weighted by atomic mass is 16.5. The molecule has 0 amide bonds. The Morgan fingerprint density at radius 2 is 2.00 bits per heavy atom. The zero-order valence-corrected chi connectivity index (χ0v) is 10.0. The van der Waals surface area contributed by atoms with Gasteiger partial charge in [-0.25, -0.2) is 4.79 Å². The van der Waals surface area contributed by atoms with Crippen molar-refractivity contribution in [3.63, 3.8) is 0 Å². The Morgan fingerprint density at radius 1 is 1.41 bits per heavy atom. The molecule has 0 aromatic heterocycles. The molecule has 1 atom stereocenters. The lowest BCUT2D eigenvalue weighted by atomic mass is 10.2. The fourth-order valence-electron chi connectivity index (χ4n) is 0.851. The molecular formula is C14H18O3. The lowest BCUT2D eigenvalue weighted by molar-refractivity contribution is -0.140. The van der Waals surface area contributed by atoms with Gasteiger partial charge >= 0.3 is 5.97 Å². The molecule has 17 heavy (non-hydrogen) atoms. The zero-order valence-electron chi connectivity index (χ0n) is 10.0. The number of aliphatic hydroxyl groups excluding tert-OH is 1. The first-order valence-electron chi connectivity index (χ1n) is 5.25. The van der Waals surface area contributed by atoms with E-state index in [2.05, 4.69) is 17.9 Å². The highest BCUT2D eigenvalue weighted by Gasteiger charge is 1.98. The third-order valence-corrected chi connectivity index (χ3v) is 1.67. The molecule has 0 saturated heterocycles. The minimum absolute atomic E-state index is 0.0326. The summed E-state index contributed by atoms with van der Waals surface area (Å²) in [6.07, 6.45) is 2.29. The Labute approximate surface area is 102 Å². The first kappa shape index (κ1) is 15.1. The predicted octanol–water partition coefficient (Wildman–Crippen LogP) is 2.43. The number of carbonyl (C=O) groups excluding carboxylic acids is 1.